The fourth-order valence-electron chi connectivity index (χ4n) is 9.68. The van der Waals surface area contributed by atoms with Crippen LogP contribution in [0.2, 0.25) is 0 Å². The molecule has 0 aliphatic rings. The minimum atomic E-state index is -1.98. The summed E-state index contributed by atoms with van der Waals surface area (Å²) in [4.78, 5) is 213. The molecular formula is C63H105N17O18S2. The first-order valence-corrected chi connectivity index (χ1v) is 35.0. The number of nitrogens with two attached hydrogens (primary N) is 5. The van der Waals surface area contributed by atoms with Crippen molar-refractivity contribution < 1.29 is 86.9 Å². The van der Waals surface area contributed by atoms with E-state index in [-0.39, 0.29) is 75.6 Å². The smallest absolute Gasteiger partial charge is 0.326 e. The summed E-state index contributed by atoms with van der Waals surface area (Å²) in [5.74, 6) is -17.7. The molecule has 0 radical (unpaired) electrons. The third kappa shape index (κ3) is 35.9. The van der Waals surface area contributed by atoms with Crippen LogP contribution in [-0.4, -0.2) is 215 Å². The number of rotatable bonds is 51. The molecule has 12 atom stereocenters. The summed E-state index contributed by atoms with van der Waals surface area (Å²) in [5, 5.41) is 48.8. The Bertz CT molecular complexity index is 2920. The summed E-state index contributed by atoms with van der Waals surface area (Å²) in [5.41, 5.74) is 28.5. The van der Waals surface area contributed by atoms with Crippen LogP contribution in [0.4, 0.5) is 0 Å². The van der Waals surface area contributed by atoms with Gasteiger partial charge in [-0.15, -0.1) is 0 Å². The summed E-state index contributed by atoms with van der Waals surface area (Å²) in [6.07, 6.45) is 0.548. The number of unbranched alkanes of at least 4 members (excludes halogenated alkanes) is 2. The van der Waals surface area contributed by atoms with Crippen LogP contribution in [0.1, 0.15) is 131 Å². The van der Waals surface area contributed by atoms with E-state index < -0.39 is 199 Å². The molecule has 0 saturated heterocycles. The van der Waals surface area contributed by atoms with E-state index in [0.29, 0.717) is 37.0 Å². The standard InChI is InChI=1S/C63H105N17O18S2/c1-8-35(6)52(80-50(84)31-70-54(88)42(27-47(67)81)71-49(83)30-69-53(87)37(66)20-23-100-7)62(96)73-39(19-13-15-22-65)56(90)79-46(32-99)61(95)74-40(24-33(2)3)57(91)75-41(26-36-16-10-9-11-17-36)58(92)76-43(28-48(68)82)59(93)77-44(29-51(85)86)60(94)72-38(18-12-14-21-64)55(89)78-45(63(97)98)25-34(4)5/h9-11,16-17,33-35,37-46,52,99H,8,12-15,18-32,64-66H2,1-7H3,(H2,67,81)(H2,68,82)(H,69,87)(H,70,88)(H,71,83)(H,72,94)(H,73,96)(H,74,95)(H,75,91)(H,76,92)(H,77,93)(H,78,89)(H,79,90)(H,80,84)(H,85,86)(H,97,98)/t35-,37-,38-,39-,40-,41-,42-,43-,44-,45-,46-,52-/m0/s1. The Morgan fingerprint density at radius 1 is 0.470 bits per heavy atom. The maximum atomic E-state index is 14.5. The maximum Gasteiger partial charge on any atom is 0.326 e. The minimum absolute atomic E-state index is 0.0200. The number of nitrogens with one attached hydrogen (secondary N) is 12. The van der Waals surface area contributed by atoms with E-state index in [2.05, 4.69) is 76.4 Å². The van der Waals surface area contributed by atoms with Crippen molar-refractivity contribution in [1.29, 1.82) is 0 Å². The van der Waals surface area contributed by atoms with E-state index in [1.807, 2.05) is 6.26 Å². The second-order valence-corrected chi connectivity index (χ2v) is 26.2. The Kier molecular flexibility index (Phi) is 43.0. The lowest BCUT2D eigenvalue weighted by Gasteiger charge is -2.29. The minimum Gasteiger partial charge on any atom is -0.481 e. The van der Waals surface area contributed by atoms with E-state index in [9.17, 15) is 86.9 Å². The number of thioether (sulfide) groups is 1. The van der Waals surface area contributed by atoms with Gasteiger partial charge in [-0.2, -0.15) is 24.4 Å². The molecule has 0 heterocycles. The summed E-state index contributed by atoms with van der Waals surface area (Å²) >= 11 is 5.78. The molecule has 35 nitrogen and oxygen atoms in total. The summed E-state index contributed by atoms with van der Waals surface area (Å²) < 4.78 is 0. The summed E-state index contributed by atoms with van der Waals surface area (Å²) in [7, 11) is 0. The zero-order valence-electron chi connectivity index (χ0n) is 57.8. The topological polar surface area (TPSA) is 588 Å². The second kappa shape index (κ2) is 48.2. The van der Waals surface area contributed by atoms with Crippen molar-refractivity contribution >= 4 is 119 Å². The number of carboxylic acids is 2. The highest BCUT2D eigenvalue weighted by Gasteiger charge is 2.38. The zero-order valence-corrected chi connectivity index (χ0v) is 59.5. The Labute approximate surface area is 591 Å². The van der Waals surface area contributed by atoms with Crippen LogP contribution in [0.15, 0.2) is 30.3 Å². The number of thiol groups is 1. The molecule has 100 heavy (non-hydrogen) atoms. The third-order valence-corrected chi connectivity index (χ3v) is 16.3. The molecule has 24 N–H and O–H groups in total. The molecule has 0 unspecified atom stereocenters. The molecule has 0 aliphatic carbocycles. The molecule has 0 aromatic heterocycles. The van der Waals surface area contributed by atoms with Crippen molar-refractivity contribution in [3.8, 4) is 0 Å². The van der Waals surface area contributed by atoms with Gasteiger partial charge in [0.25, 0.3) is 0 Å². The van der Waals surface area contributed by atoms with Crippen molar-refractivity contribution in [2.24, 2.45) is 46.4 Å². The average molecular weight is 1450 g/mol. The van der Waals surface area contributed by atoms with Gasteiger partial charge in [0.05, 0.1) is 38.4 Å². The van der Waals surface area contributed by atoms with Gasteiger partial charge in [0.1, 0.15) is 60.4 Å². The Hall–Kier alpha value is -8.68. The number of carboxylic acid groups (broad SMARTS) is 2. The highest BCUT2D eigenvalue weighted by molar-refractivity contribution is 7.98. The molecule has 14 amide bonds. The van der Waals surface area contributed by atoms with E-state index in [0.717, 1.165) is 0 Å². The van der Waals surface area contributed by atoms with Crippen LogP contribution >= 0.6 is 24.4 Å². The Morgan fingerprint density at radius 2 is 0.870 bits per heavy atom. The van der Waals surface area contributed by atoms with Crippen LogP contribution in [0.3, 0.4) is 0 Å². The lowest BCUT2D eigenvalue weighted by molar-refractivity contribution is -0.143. The Balaban J connectivity index is 3.52. The Morgan fingerprint density at radius 3 is 1.34 bits per heavy atom. The highest BCUT2D eigenvalue weighted by atomic mass is 32.2. The molecule has 1 rings (SSSR count). The molecule has 1 aromatic carbocycles. The number of primary amides is 2. The fourth-order valence-corrected chi connectivity index (χ4v) is 10.4. The third-order valence-electron chi connectivity index (χ3n) is 15.3. The maximum absolute atomic E-state index is 14.5. The van der Waals surface area contributed by atoms with Crippen LogP contribution < -0.4 is 92.5 Å². The van der Waals surface area contributed by atoms with Crippen molar-refractivity contribution in [3.05, 3.63) is 35.9 Å². The van der Waals surface area contributed by atoms with Crippen molar-refractivity contribution in [1.82, 2.24) is 63.8 Å². The number of amides is 14. The number of aliphatic carboxylic acids is 2. The average Bonchev–Trinajstić information content (AvgIpc) is 0.857. The second-order valence-electron chi connectivity index (χ2n) is 24.8. The number of hydrogen-bond donors (Lipinski definition) is 20. The SMILES string of the molecule is CC[C@H](C)[C@H](NC(=O)CNC(=O)[C@H](CC(N)=O)NC(=O)CNC(=O)[C@@H](N)CCSC)C(=O)N[C@@H](CCCCN)C(=O)N[C@@H](CS)C(=O)N[C@@H](CC(C)C)C(=O)N[C@@H](Cc1ccccc1)C(=O)N[C@@H](CC(N)=O)C(=O)N[C@@H](CC(=O)O)C(=O)N[C@@H](CCCCN)C(=O)N[C@@H](CC(C)C)C(=O)O. The quantitative estimate of drug-likeness (QED) is 0.0215. The number of carbonyl (C=O) groups excluding carboxylic acids is 14. The van der Waals surface area contributed by atoms with Crippen molar-refractivity contribution in [3.63, 3.8) is 0 Å². The lowest BCUT2D eigenvalue weighted by atomic mass is 9.97. The molecule has 37 heteroatoms. The normalized spacial score (nSPS) is 14.7. The first-order valence-electron chi connectivity index (χ1n) is 33.0. The predicted octanol–water partition coefficient (Wildman–Crippen LogP) is -4.97. The molecule has 0 saturated carbocycles. The first-order chi connectivity index (χ1) is 47.1. The van der Waals surface area contributed by atoms with Gasteiger partial charge in [-0.25, -0.2) is 4.79 Å². The van der Waals surface area contributed by atoms with Crippen LogP contribution in [0, 0.1) is 17.8 Å². The molecule has 0 spiro atoms. The van der Waals surface area contributed by atoms with Gasteiger partial charge in [-0.05, 0) is 106 Å². The summed E-state index contributed by atoms with van der Waals surface area (Å²) in [6.45, 7) is 9.22. The van der Waals surface area contributed by atoms with E-state index >= 15 is 0 Å². The molecule has 0 bridgehead atoms. The van der Waals surface area contributed by atoms with Crippen LogP contribution in [0.5, 0.6) is 0 Å². The molecule has 1 aromatic rings. The molecule has 562 valence electrons. The molecule has 0 aliphatic heterocycles. The monoisotopic (exact) mass is 1450 g/mol. The lowest BCUT2D eigenvalue weighted by Crippen LogP contribution is -2.61. The van der Waals surface area contributed by atoms with E-state index in [4.69, 9.17) is 28.7 Å². The fraction of sp³-hybridized carbons (Fsp3) is 0.651. The molecule has 0 fully saturated rings. The summed E-state index contributed by atoms with van der Waals surface area (Å²) in [6, 6.07) is -8.40. The predicted molar refractivity (Wildman–Crippen MR) is 372 cm³/mol. The van der Waals surface area contributed by atoms with Crippen LogP contribution in [-0.2, 0) is 83.1 Å². The van der Waals surface area contributed by atoms with Gasteiger partial charge in [0.2, 0.25) is 82.7 Å². The van der Waals surface area contributed by atoms with E-state index in [1.54, 1.807) is 71.9 Å². The van der Waals surface area contributed by atoms with Crippen LogP contribution in [0.25, 0.3) is 0 Å². The van der Waals surface area contributed by atoms with Gasteiger partial charge in [0, 0.05) is 12.2 Å². The van der Waals surface area contributed by atoms with Gasteiger partial charge in [-0.3, -0.25) is 71.9 Å². The van der Waals surface area contributed by atoms with Crippen molar-refractivity contribution in [2.45, 2.75) is 198 Å². The van der Waals surface area contributed by atoms with Gasteiger partial charge in [-0.1, -0.05) is 78.3 Å². The number of hydrogen-bond acceptors (Lipinski definition) is 21. The van der Waals surface area contributed by atoms with Gasteiger partial charge < -0.3 is 103 Å². The zero-order chi connectivity index (χ0) is 75.8. The number of benzene rings is 1. The van der Waals surface area contributed by atoms with Gasteiger partial charge >= 0.3 is 11.9 Å². The van der Waals surface area contributed by atoms with Crippen molar-refractivity contribution in [2.75, 3.05) is 43.9 Å². The highest BCUT2D eigenvalue weighted by Crippen LogP contribution is 2.14. The molecular weight excluding hydrogens is 1350 g/mol. The number of carbonyl (C=O) groups is 16. The first kappa shape index (κ1) is 89.3. The van der Waals surface area contributed by atoms with E-state index in [1.165, 1.54) is 11.8 Å². The van der Waals surface area contributed by atoms with Gasteiger partial charge in [0.15, 0.2) is 0 Å². The largest absolute Gasteiger partial charge is 0.481 e.